The van der Waals surface area contributed by atoms with Gasteiger partial charge in [-0.1, -0.05) is 41.5 Å². The van der Waals surface area contributed by atoms with Gasteiger partial charge >= 0.3 is 0 Å². The second kappa shape index (κ2) is 10.0. The number of anilines is 1. The number of aromatic nitrogens is 4. The fourth-order valence-corrected chi connectivity index (χ4v) is 3.33. The molecule has 3 aromatic rings. The number of carbonyl (C=O) groups is 2. The lowest BCUT2D eigenvalue weighted by Crippen LogP contribution is -2.43. The van der Waals surface area contributed by atoms with Crippen molar-refractivity contribution in [3.63, 3.8) is 0 Å². The Kier molecular flexibility index (Phi) is 7.36. The molecule has 0 saturated heterocycles. The number of hydrogen-bond donors (Lipinski definition) is 0. The highest BCUT2D eigenvalue weighted by atomic mass is 19.1. The highest BCUT2D eigenvalue weighted by Gasteiger charge is 2.30. The third-order valence-electron chi connectivity index (χ3n) is 4.98. The predicted octanol–water partition coefficient (Wildman–Crippen LogP) is 4.97. The Bertz CT molecular complexity index is 1120. The van der Waals surface area contributed by atoms with Crippen LogP contribution in [0.3, 0.4) is 0 Å². The Balaban J connectivity index is 2.14. The molecule has 2 aromatic heterocycles. The van der Waals surface area contributed by atoms with E-state index in [1.54, 1.807) is 45.9 Å². The Morgan fingerprint density at radius 3 is 2.12 bits per heavy atom. The third kappa shape index (κ3) is 5.50. The highest BCUT2D eigenvalue weighted by molar-refractivity contribution is 6.14. The van der Waals surface area contributed by atoms with E-state index in [1.165, 1.54) is 18.3 Å². The predicted molar refractivity (Wildman–Crippen MR) is 126 cm³/mol. The van der Waals surface area contributed by atoms with Gasteiger partial charge in [-0.25, -0.2) is 19.3 Å². The maximum Gasteiger partial charge on any atom is 0.239 e. The molecule has 174 valence electrons. The maximum absolute atomic E-state index is 13.5. The minimum Gasteiger partial charge on any atom is -0.274 e. The normalized spacial score (nSPS) is 11.5. The van der Waals surface area contributed by atoms with Crippen LogP contribution in [0.1, 0.15) is 41.5 Å². The zero-order valence-corrected chi connectivity index (χ0v) is 19.9. The Morgan fingerprint density at radius 2 is 1.58 bits per heavy atom. The van der Waals surface area contributed by atoms with E-state index in [0.29, 0.717) is 29.4 Å². The maximum atomic E-state index is 13.5. The van der Waals surface area contributed by atoms with Gasteiger partial charge in [0, 0.05) is 41.9 Å². The van der Waals surface area contributed by atoms with Crippen LogP contribution in [0.2, 0.25) is 0 Å². The molecule has 8 heteroatoms. The highest BCUT2D eigenvalue weighted by Crippen LogP contribution is 2.31. The van der Waals surface area contributed by atoms with E-state index in [9.17, 15) is 14.0 Å². The molecule has 2 heterocycles. The summed E-state index contributed by atoms with van der Waals surface area (Å²) >= 11 is 0. The topological polar surface area (TPSA) is 81.0 Å². The molecule has 0 bridgehead atoms. The van der Waals surface area contributed by atoms with Crippen LogP contribution in [0.4, 0.5) is 10.3 Å². The lowest BCUT2D eigenvalue weighted by atomic mass is 10.1. The zero-order valence-electron chi connectivity index (χ0n) is 19.9. The van der Waals surface area contributed by atoms with Gasteiger partial charge in [-0.3, -0.25) is 14.3 Å². The molecule has 0 unspecified atom stereocenters. The van der Waals surface area contributed by atoms with Crippen molar-refractivity contribution in [2.45, 2.75) is 48.1 Å². The van der Waals surface area contributed by atoms with Crippen molar-refractivity contribution in [3.8, 4) is 22.5 Å². The average molecular weight is 452 g/mol. The quantitative estimate of drug-likeness (QED) is 0.506. The van der Waals surface area contributed by atoms with Crippen molar-refractivity contribution in [1.82, 2.24) is 19.7 Å². The van der Waals surface area contributed by atoms with E-state index < -0.39 is 11.8 Å². The SMILES string of the molecule is CC(C)Cn1cc(-c2ccnc(N(C(=O)C(C)C)C(=O)C(C)C)n2)c(-c2ccc(F)cc2)n1. The van der Waals surface area contributed by atoms with E-state index in [0.717, 1.165) is 10.5 Å². The van der Waals surface area contributed by atoms with E-state index >= 15 is 0 Å². The summed E-state index contributed by atoms with van der Waals surface area (Å²) in [6, 6.07) is 7.82. The molecule has 0 fully saturated rings. The second-order valence-electron chi connectivity index (χ2n) is 9.08. The molecule has 33 heavy (non-hydrogen) atoms. The van der Waals surface area contributed by atoms with Gasteiger partial charge in [-0.2, -0.15) is 5.10 Å². The lowest BCUT2D eigenvalue weighted by Gasteiger charge is -2.22. The van der Waals surface area contributed by atoms with Crippen molar-refractivity contribution in [3.05, 3.63) is 48.5 Å². The minimum absolute atomic E-state index is 0.0339. The fourth-order valence-electron chi connectivity index (χ4n) is 3.33. The molecular formula is C25H30FN5O2. The molecule has 0 atom stereocenters. The van der Waals surface area contributed by atoms with Gasteiger partial charge < -0.3 is 0 Å². The molecular weight excluding hydrogens is 421 g/mol. The molecule has 0 aliphatic rings. The summed E-state index contributed by atoms with van der Waals surface area (Å²) in [5.41, 5.74) is 2.60. The number of benzene rings is 1. The molecule has 2 amide bonds. The number of rotatable bonds is 7. The van der Waals surface area contributed by atoms with Gasteiger partial charge in [-0.05, 0) is 36.2 Å². The first-order chi connectivity index (χ1) is 15.6. The Morgan fingerprint density at radius 1 is 0.970 bits per heavy atom. The number of hydrogen-bond acceptors (Lipinski definition) is 5. The molecule has 0 aliphatic carbocycles. The summed E-state index contributed by atoms with van der Waals surface area (Å²) in [5.74, 6) is -1.46. The van der Waals surface area contributed by atoms with Gasteiger partial charge in [0.2, 0.25) is 17.8 Å². The fraction of sp³-hybridized carbons (Fsp3) is 0.400. The Hall–Kier alpha value is -3.42. The van der Waals surface area contributed by atoms with Crippen LogP contribution in [0.5, 0.6) is 0 Å². The number of carbonyl (C=O) groups excluding carboxylic acids is 2. The Labute approximate surface area is 193 Å². The van der Waals surface area contributed by atoms with Crippen LogP contribution in [-0.4, -0.2) is 31.6 Å². The van der Waals surface area contributed by atoms with E-state index in [1.807, 2.05) is 10.9 Å². The summed E-state index contributed by atoms with van der Waals surface area (Å²) in [7, 11) is 0. The number of halogens is 1. The van der Waals surface area contributed by atoms with Crippen molar-refractivity contribution in [1.29, 1.82) is 0 Å². The van der Waals surface area contributed by atoms with Crippen LogP contribution in [-0.2, 0) is 16.1 Å². The van der Waals surface area contributed by atoms with Gasteiger partial charge in [0.1, 0.15) is 11.5 Å². The van der Waals surface area contributed by atoms with E-state index in [4.69, 9.17) is 5.10 Å². The van der Waals surface area contributed by atoms with Crippen LogP contribution in [0.15, 0.2) is 42.7 Å². The summed E-state index contributed by atoms with van der Waals surface area (Å²) in [6.45, 7) is 11.8. The minimum atomic E-state index is -0.400. The summed E-state index contributed by atoms with van der Waals surface area (Å²) < 4.78 is 15.3. The van der Waals surface area contributed by atoms with Crippen molar-refractivity contribution in [2.24, 2.45) is 17.8 Å². The summed E-state index contributed by atoms with van der Waals surface area (Å²) in [4.78, 5) is 35.6. The first-order valence-corrected chi connectivity index (χ1v) is 11.1. The smallest absolute Gasteiger partial charge is 0.239 e. The molecule has 0 saturated carbocycles. The first kappa shape index (κ1) is 24.2. The first-order valence-electron chi connectivity index (χ1n) is 11.1. The van der Waals surface area contributed by atoms with Gasteiger partial charge in [0.15, 0.2) is 0 Å². The van der Waals surface area contributed by atoms with Crippen LogP contribution in [0.25, 0.3) is 22.5 Å². The second-order valence-corrected chi connectivity index (χ2v) is 9.08. The molecule has 0 N–H and O–H groups in total. The number of imide groups is 1. The van der Waals surface area contributed by atoms with Crippen molar-refractivity contribution >= 4 is 17.8 Å². The zero-order chi connectivity index (χ0) is 24.3. The van der Waals surface area contributed by atoms with Gasteiger partial charge in [0.25, 0.3) is 0 Å². The molecule has 0 aliphatic heterocycles. The molecule has 0 spiro atoms. The van der Waals surface area contributed by atoms with E-state index in [-0.39, 0.29) is 23.6 Å². The van der Waals surface area contributed by atoms with Crippen molar-refractivity contribution in [2.75, 3.05) is 4.90 Å². The standard InChI is InChI=1S/C25H30FN5O2/c1-15(2)13-30-14-20(22(29-30)18-7-9-19(26)10-8-18)21-11-12-27-25(28-21)31(23(32)16(3)4)24(33)17(5)6/h7-12,14-17H,13H2,1-6H3. The van der Waals surface area contributed by atoms with Gasteiger partial charge in [-0.15, -0.1) is 0 Å². The van der Waals surface area contributed by atoms with Crippen LogP contribution < -0.4 is 4.90 Å². The largest absolute Gasteiger partial charge is 0.274 e. The number of amides is 2. The van der Waals surface area contributed by atoms with Crippen LogP contribution in [0, 0.1) is 23.6 Å². The molecule has 7 nitrogen and oxygen atoms in total. The van der Waals surface area contributed by atoms with Crippen LogP contribution >= 0.6 is 0 Å². The summed E-state index contributed by atoms with van der Waals surface area (Å²) in [6.07, 6.45) is 3.41. The van der Waals surface area contributed by atoms with E-state index in [2.05, 4.69) is 23.8 Å². The molecule has 3 rings (SSSR count). The average Bonchev–Trinajstić information content (AvgIpc) is 3.17. The lowest BCUT2D eigenvalue weighted by molar-refractivity contribution is -0.129. The van der Waals surface area contributed by atoms with Gasteiger partial charge in [0.05, 0.1) is 5.69 Å². The third-order valence-corrected chi connectivity index (χ3v) is 4.98. The number of nitrogens with zero attached hydrogens (tertiary/aromatic N) is 5. The summed E-state index contributed by atoms with van der Waals surface area (Å²) in [5, 5.41) is 4.71. The van der Waals surface area contributed by atoms with Crippen molar-refractivity contribution < 1.29 is 14.0 Å². The molecule has 0 radical (unpaired) electrons. The monoisotopic (exact) mass is 451 g/mol. The molecule has 1 aromatic carbocycles.